The zero-order valence-electron chi connectivity index (χ0n) is 21.5. The minimum absolute atomic E-state index is 0.833. The Bertz CT molecular complexity index is 1760. The first-order valence-corrected chi connectivity index (χ1v) is 12.6. The van der Waals surface area contributed by atoms with Crippen LogP contribution in [0.2, 0.25) is 0 Å². The number of hydrogen-bond donors (Lipinski definition) is 0. The van der Waals surface area contributed by atoms with Crippen LogP contribution in [0.4, 0.5) is 0 Å². The van der Waals surface area contributed by atoms with E-state index in [1.165, 1.54) is 38.9 Å². The van der Waals surface area contributed by atoms with Crippen molar-refractivity contribution in [3.63, 3.8) is 0 Å². The molecule has 0 radical (unpaired) electrons. The van der Waals surface area contributed by atoms with E-state index in [1.807, 2.05) is 31.5 Å². The maximum atomic E-state index is 6.25. The minimum atomic E-state index is 0.833. The van der Waals surface area contributed by atoms with E-state index < -0.39 is 0 Å². The van der Waals surface area contributed by atoms with Gasteiger partial charge >= 0.3 is 0 Å². The summed E-state index contributed by atoms with van der Waals surface area (Å²) in [5, 5.41) is 1.11. The highest BCUT2D eigenvalue weighted by Gasteiger charge is 2.16. The molecule has 6 rings (SSSR count). The van der Waals surface area contributed by atoms with E-state index in [0.29, 0.717) is 0 Å². The summed E-state index contributed by atoms with van der Waals surface area (Å²) in [6.45, 7) is 8.41. The van der Waals surface area contributed by atoms with Gasteiger partial charge in [0.05, 0.1) is 5.69 Å². The first kappa shape index (κ1) is 22.9. The molecular formula is C34H28N2O. The molecule has 37 heavy (non-hydrogen) atoms. The van der Waals surface area contributed by atoms with Crippen molar-refractivity contribution in [3.8, 4) is 44.8 Å². The molecule has 0 bridgehead atoms. The Labute approximate surface area is 217 Å². The fraction of sp³-hybridized carbons (Fsp3) is 0.118. The van der Waals surface area contributed by atoms with Crippen molar-refractivity contribution < 1.29 is 4.42 Å². The number of fused-ring (bicyclic) bond motifs is 1. The number of pyridine rings is 2. The second-order valence-corrected chi connectivity index (χ2v) is 9.80. The van der Waals surface area contributed by atoms with Gasteiger partial charge in [-0.05, 0) is 104 Å². The lowest BCUT2D eigenvalue weighted by Gasteiger charge is -2.15. The number of hydrogen-bond acceptors (Lipinski definition) is 3. The van der Waals surface area contributed by atoms with Crippen molar-refractivity contribution >= 4 is 11.0 Å². The molecule has 0 amide bonds. The van der Waals surface area contributed by atoms with Gasteiger partial charge in [0.15, 0.2) is 0 Å². The zero-order chi connectivity index (χ0) is 25.5. The second kappa shape index (κ2) is 9.18. The molecule has 3 aromatic heterocycles. The fourth-order valence-corrected chi connectivity index (χ4v) is 4.98. The monoisotopic (exact) mass is 480 g/mol. The van der Waals surface area contributed by atoms with Crippen LogP contribution in [0.1, 0.15) is 22.4 Å². The molecule has 0 aliphatic heterocycles. The highest BCUT2D eigenvalue weighted by atomic mass is 16.3. The molecule has 0 spiro atoms. The van der Waals surface area contributed by atoms with Crippen LogP contribution in [0.5, 0.6) is 0 Å². The Hall–Kier alpha value is -4.50. The van der Waals surface area contributed by atoms with Gasteiger partial charge in [-0.3, -0.25) is 9.97 Å². The van der Waals surface area contributed by atoms with Crippen molar-refractivity contribution in [2.24, 2.45) is 0 Å². The lowest BCUT2D eigenvalue weighted by Crippen LogP contribution is -1.92. The highest BCUT2D eigenvalue weighted by molar-refractivity contribution is 5.95. The summed E-state index contributed by atoms with van der Waals surface area (Å²) in [5.74, 6) is 0.833. The van der Waals surface area contributed by atoms with Gasteiger partial charge in [-0.2, -0.15) is 0 Å². The summed E-state index contributed by atoms with van der Waals surface area (Å²) in [7, 11) is 0. The third-order valence-corrected chi connectivity index (χ3v) is 7.02. The van der Waals surface area contributed by atoms with Crippen molar-refractivity contribution in [3.05, 3.63) is 120 Å². The van der Waals surface area contributed by atoms with Crippen LogP contribution in [0.15, 0.2) is 102 Å². The normalized spacial score (nSPS) is 11.2. The van der Waals surface area contributed by atoms with E-state index in [0.717, 1.165) is 39.2 Å². The molecule has 0 unspecified atom stereocenters. The summed E-state index contributed by atoms with van der Waals surface area (Å²) in [5.41, 5.74) is 13.3. The van der Waals surface area contributed by atoms with Crippen molar-refractivity contribution in [2.45, 2.75) is 27.7 Å². The van der Waals surface area contributed by atoms with Crippen molar-refractivity contribution in [2.75, 3.05) is 0 Å². The molecule has 3 aromatic carbocycles. The standard InChI is InChI=1S/C34H28N2O/c1-21-6-5-7-25(16-21)29-11-10-26(32-17-22(2)14-15-35-32)18-31(29)28-12-13-33-30(24(28)4)19-34(37-33)27-9-8-23(3)36-20-27/h5-20H,1-4H3. The molecule has 0 fully saturated rings. The SMILES string of the molecule is Cc1cccc(-c2ccc(-c3cc(C)ccn3)cc2-c2ccc3oc(-c4ccc(C)nc4)cc3c2C)c1. The smallest absolute Gasteiger partial charge is 0.136 e. The molecule has 3 nitrogen and oxygen atoms in total. The van der Waals surface area contributed by atoms with Crippen LogP contribution >= 0.6 is 0 Å². The summed E-state index contributed by atoms with van der Waals surface area (Å²) >= 11 is 0. The van der Waals surface area contributed by atoms with Crippen LogP contribution in [0.25, 0.3) is 55.8 Å². The van der Waals surface area contributed by atoms with Gasteiger partial charge in [0, 0.05) is 34.6 Å². The average molecular weight is 481 g/mol. The molecular weight excluding hydrogens is 452 g/mol. The quantitative estimate of drug-likeness (QED) is 0.252. The molecule has 0 N–H and O–H groups in total. The molecule has 0 aliphatic rings. The Morgan fingerprint density at radius 2 is 1.41 bits per heavy atom. The van der Waals surface area contributed by atoms with Crippen molar-refractivity contribution in [1.29, 1.82) is 0 Å². The van der Waals surface area contributed by atoms with Crippen LogP contribution in [-0.2, 0) is 0 Å². The third kappa shape index (κ3) is 4.34. The Balaban J connectivity index is 1.55. The number of aryl methyl sites for hydroxylation is 4. The van der Waals surface area contributed by atoms with E-state index in [9.17, 15) is 0 Å². The van der Waals surface area contributed by atoms with Crippen LogP contribution in [-0.4, -0.2) is 9.97 Å². The Morgan fingerprint density at radius 1 is 0.595 bits per heavy atom. The van der Waals surface area contributed by atoms with Gasteiger partial charge < -0.3 is 4.42 Å². The van der Waals surface area contributed by atoms with Gasteiger partial charge in [0.1, 0.15) is 11.3 Å². The molecule has 0 atom stereocenters. The van der Waals surface area contributed by atoms with Gasteiger partial charge in [0.2, 0.25) is 0 Å². The second-order valence-electron chi connectivity index (χ2n) is 9.80. The van der Waals surface area contributed by atoms with E-state index in [2.05, 4.69) is 104 Å². The number of nitrogens with zero attached hydrogens (tertiary/aromatic N) is 2. The first-order valence-electron chi connectivity index (χ1n) is 12.6. The molecule has 0 aliphatic carbocycles. The maximum absolute atomic E-state index is 6.25. The molecule has 3 heterocycles. The maximum Gasteiger partial charge on any atom is 0.136 e. The molecule has 6 aromatic rings. The van der Waals surface area contributed by atoms with Crippen LogP contribution in [0.3, 0.4) is 0 Å². The van der Waals surface area contributed by atoms with Gasteiger partial charge in [-0.15, -0.1) is 0 Å². The largest absolute Gasteiger partial charge is 0.456 e. The molecule has 0 saturated heterocycles. The lowest BCUT2D eigenvalue weighted by atomic mass is 9.88. The van der Waals surface area contributed by atoms with Gasteiger partial charge in [0.25, 0.3) is 0 Å². The zero-order valence-corrected chi connectivity index (χ0v) is 21.5. The molecule has 3 heteroatoms. The number of aromatic nitrogens is 2. The summed E-state index contributed by atoms with van der Waals surface area (Å²) in [6, 6.07) is 30.0. The Kier molecular flexibility index (Phi) is 5.69. The molecule has 180 valence electrons. The fourth-order valence-electron chi connectivity index (χ4n) is 4.98. The van der Waals surface area contributed by atoms with E-state index in [1.54, 1.807) is 0 Å². The summed E-state index contributed by atoms with van der Waals surface area (Å²) < 4.78 is 6.25. The minimum Gasteiger partial charge on any atom is -0.456 e. The topological polar surface area (TPSA) is 38.9 Å². The van der Waals surface area contributed by atoms with Crippen LogP contribution < -0.4 is 0 Å². The summed E-state index contributed by atoms with van der Waals surface area (Å²) in [4.78, 5) is 9.10. The number of rotatable bonds is 4. The number of furan rings is 1. The highest BCUT2D eigenvalue weighted by Crippen LogP contribution is 2.40. The van der Waals surface area contributed by atoms with Crippen molar-refractivity contribution in [1.82, 2.24) is 9.97 Å². The van der Waals surface area contributed by atoms with Crippen LogP contribution in [0, 0.1) is 27.7 Å². The molecule has 0 saturated carbocycles. The third-order valence-electron chi connectivity index (χ3n) is 7.02. The first-order chi connectivity index (χ1) is 18.0. The van der Waals surface area contributed by atoms with E-state index in [4.69, 9.17) is 4.42 Å². The van der Waals surface area contributed by atoms with E-state index >= 15 is 0 Å². The summed E-state index contributed by atoms with van der Waals surface area (Å²) in [6.07, 6.45) is 3.75. The predicted molar refractivity (Wildman–Crippen MR) is 152 cm³/mol. The van der Waals surface area contributed by atoms with Gasteiger partial charge in [-0.1, -0.05) is 48.0 Å². The average Bonchev–Trinajstić information content (AvgIpc) is 3.34. The van der Waals surface area contributed by atoms with Gasteiger partial charge in [-0.25, -0.2) is 0 Å². The predicted octanol–water partition coefficient (Wildman–Crippen LogP) is 9.12. The number of benzene rings is 3. The van der Waals surface area contributed by atoms with E-state index in [-0.39, 0.29) is 0 Å². The Morgan fingerprint density at radius 3 is 2.19 bits per heavy atom. The lowest BCUT2D eigenvalue weighted by molar-refractivity contribution is 0.631.